The summed E-state index contributed by atoms with van der Waals surface area (Å²) in [5.41, 5.74) is -0.114. The van der Waals surface area contributed by atoms with Crippen LogP contribution < -0.4 is 0 Å². The molecule has 1 heterocycles. The molecule has 1 rings (SSSR count). The zero-order valence-electron chi connectivity index (χ0n) is 6.84. The van der Waals surface area contributed by atoms with Crippen molar-refractivity contribution in [3.05, 3.63) is 29.8 Å². The average Bonchev–Trinajstić information content (AvgIpc) is 2.45. The van der Waals surface area contributed by atoms with Crippen LogP contribution in [0.15, 0.2) is 3.92 Å². The second-order valence-corrected chi connectivity index (χ2v) is 4.63. The number of halogens is 1. The molecule has 0 aliphatic rings. The maximum Gasteiger partial charge on any atom is 0.355 e. The second kappa shape index (κ2) is 3.96. The van der Waals surface area contributed by atoms with Gasteiger partial charge in [0, 0.05) is 11.8 Å². The van der Waals surface area contributed by atoms with Crippen LogP contribution in [0, 0.1) is 20.2 Å². The Kier molecular flexibility index (Phi) is 3.11. The molecule has 0 bridgehead atoms. The van der Waals surface area contributed by atoms with Crippen LogP contribution in [-0.4, -0.2) is 14.8 Å². The molecular formula is C5H4BrN3O4S. The van der Waals surface area contributed by atoms with Gasteiger partial charge in [0.15, 0.2) is 3.92 Å². The van der Waals surface area contributed by atoms with Crippen molar-refractivity contribution in [1.82, 2.24) is 4.98 Å². The van der Waals surface area contributed by atoms with E-state index < -0.39 is 15.9 Å². The first-order valence-electron chi connectivity index (χ1n) is 3.37. The molecule has 0 aliphatic carbocycles. The van der Waals surface area contributed by atoms with Gasteiger partial charge in [0.1, 0.15) is 0 Å². The summed E-state index contributed by atoms with van der Waals surface area (Å²) in [7, 11) is 0. The molecule has 0 radical (unpaired) electrons. The van der Waals surface area contributed by atoms with Crippen molar-refractivity contribution in [3.63, 3.8) is 0 Å². The van der Waals surface area contributed by atoms with E-state index in [1.54, 1.807) is 0 Å². The molecular weight excluding hydrogens is 278 g/mol. The van der Waals surface area contributed by atoms with Gasteiger partial charge in [-0.25, -0.2) is 4.98 Å². The topological polar surface area (TPSA) is 99.2 Å². The van der Waals surface area contributed by atoms with Gasteiger partial charge in [-0.1, -0.05) is 0 Å². The minimum atomic E-state index is -1.17. The SMILES string of the molecule is CC(c1nc(Br)sc1[N+](=O)[O-])[N+](=O)[O-]. The van der Waals surface area contributed by atoms with Gasteiger partial charge in [0.05, 0.1) is 4.92 Å². The molecule has 0 spiro atoms. The lowest BCUT2D eigenvalue weighted by Gasteiger charge is -1.97. The Balaban J connectivity index is 3.19. The summed E-state index contributed by atoms with van der Waals surface area (Å²) >= 11 is 3.72. The molecule has 0 aliphatic heterocycles. The summed E-state index contributed by atoms with van der Waals surface area (Å²) in [4.78, 5) is 23.3. The molecule has 9 heteroatoms. The first-order chi connectivity index (χ1) is 6.43. The van der Waals surface area contributed by atoms with E-state index in [1.165, 1.54) is 6.92 Å². The number of nitrogens with zero attached hydrogens (tertiary/aromatic N) is 3. The second-order valence-electron chi connectivity index (χ2n) is 2.38. The van der Waals surface area contributed by atoms with Crippen LogP contribution in [0.4, 0.5) is 5.00 Å². The first kappa shape index (κ1) is 11.0. The van der Waals surface area contributed by atoms with Gasteiger partial charge in [0.2, 0.25) is 5.69 Å². The molecule has 0 saturated carbocycles. The Hall–Kier alpha value is -1.09. The smallest absolute Gasteiger partial charge is 0.264 e. The van der Waals surface area contributed by atoms with Gasteiger partial charge in [0.25, 0.3) is 6.04 Å². The number of thiazole rings is 1. The fraction of sp³-hybridized carbons (Fsp3) is 0.400. The summed E-state index contributed by atoms with van der Waals surface area (Å²) < 4.78 is 0.271. The molecule has 0 aromatic carbocycles. The van der Waals surface area contributed by atoms with E-state index in [2.05, 4.69) is 20.9 Å². The molecule has 76 valence electrons. The fourth-order valence-corrected chi connectivity index (χ4v) is 2.15. The van der Waals surface area contributed by atoms with Crippen molar-refractivity contribution >= 4 is 32.3 Å². The molecule has 0 fully saturated rings. The predicted octanol–water partition coefficient (Wildman–Crippen LogP) is 2.15. The maximum absolute atomic E-state index is 10.5. The third-order valence-electron chi connectivity index (χ3n) is 1.49. The lowest BCUT2D eigenvalue weighted by atomic mass is 10.3. The molecule has 1 unspecified atom stereocenters. The molecule has 1 aromatic heterocycles. The minimum Gasteiger partial charge on any atom is -0.264 e. The highest BCUT2D eigenvalue weighted by Gasteiger charge is 2.31. The highest BCUT2D eigenvalue weighted by atomic mass is 79.9. The van der Waals surface area contributed by atoms with E-state index in [9.17, 15) is 20.2 Å². The zero-order chi connectivity index (χ0) is 10.9. The number of hydrogen-bond donors (Lipinski definition) is 0. The van der Waals surface area contributed by atoms with Gasteiger partial charge < -0.3 is 0 Å². The van der Waals surface area contributed by atoms with E-state index in [-0.39, 0.29) is 14.6 Å². The van der Waals surface area contributed by atoms with Crippen LogP contribution in [0.2, 0.25) is 0 Å². The normalized spacial score (nSPS) is 12.4. The number of nitro groups is 2. The summed E-state index contributed by atoms with van der Waals surface area (Å²) in [5, 5.41) is 20.6. The molecule has 1 atom stereocenters. The quantitative estimate of drug-likeness (QED) is 0.624. The van der Waals surface area contributed by atoms with Crippen molar-refractivity contribution < 1.29 is 9.85 Å². The first-order valence-corrected chi connectivity index (χ1v) is 4.98. The summed E-state index contributed by atoms with van der Waals surface area (Å²) in [5.74, 6) is 0. The summed E-state index contributed by atoms with van der Waals surface area (Å²) in [6, 6.07) is -1.17. The van der Waals surface area contributed by atoms with Crippen LogP contribution in [0.1, 0.15) is 18.7 Å². The monoisotopic (exact) mass is 281 g/mol. The Morgan fingerprint density at radius 2 is 2.07 bits per heavy atom. The molecule has 0 amide bonds. The Morgan fingerprint density at radius 1 is 1.50 bits per heavy atom. The van der Waals surface area contributed by atoms with Crippen LogP contribution >= 0.6 is 27.3 Å². The largest absolute Gasteiger partial charge is 0.355 e. The molecule has 7 nitrogen and oxygen atoms in total. The maximum atomic E-state index is 10.5. The van der Waals surface area contributed by atoms with Gasteiger partial charge in [-0.15, -0.1) is 0 Å². The lowest BCUT2D eigenvalue weighted by molar-refractivity contribution is -0.526. The number of hydrogen-bond acceptors (Lipinski definition) is 6. The van der Waals surface area contributed by atoms with Gasteiger partial charge >= 0.3 is 5.00 Å². The Bertz CT molecular complexity index is 392. The van der Waals surface area contributed by atoms with Gasteiger partial charge in [-0.05, 0) is 27.3 Å². The van der Waals surface area contributed by atoms with Gasteiger partial charge in [-0.2, -0.15) is 0 Å². The molecule has 0 saturated heterocycles. The summed E-state index contributed by atoms with van der Waals surface area (Å²) in [6.45, 7) is 1.26. The van der Waals surface area contributed by atoms with Crippen LogP contribution in [0.3, 0.4) is 0 Å². The average molecular weight is 282 g/mol. The third kappa shape index (κ3) is 2.04. The van der Waals surface area contributed by atoms with E-state index in [0.717, 1.165) is 11.3 Å². The highest BCUT2D eigenvalue weighted by Crippen LogP contribution is 2.34. The predicted molar refractivity (Wildman–Crippen MR) is 51.9 cm³/mol. The molecule has 0 N–H and O–H groups in total. The van der Waals surface area contributed by atoms with Crippen LogP contribution in [0.25, 0.3) is 0 Å². The number of aromatic nitrogens is 1. The lowest BCUT2D eigenvalue weighted by Crippen LogP contribution is -2.08. The van der Waals surface area contributed by atoms with Gasteiger partial charge in [-0.3, -0.25) is 20.2 Å². The van der Waals surface area contributed by atoms with Crippen LogP contribution in [0.5, 0.6) is 0 Å². The standard InChI is InChI=1S/C5H4BrN3O4S/c1-2(8(10)11)3-4(9(12)13)14-5(6)7-3/h2H,1H3. The van der Waals surface area contributed by atoms with Crippen molar-refractivity contribution in [3.8, 4) is 0 Å². The van der Waals surface area contributed by atoms with Crippen molar-refractivity contribution in [2.75, 3.05) is 0 Å². The van der Waals surface area contributed by atoms with Crippen molar-refractivity contribution in [2.45, 2.75) is 13.0 Å². The van der Waals surface area contributed by atoms with E-state index in [0.29, 0.717) is 0 Å². The van der Waals surface area contributed by atoms with E-state index >= 15 is 0 Å². The third-order valence-corrected chi connectivity index (χ3v) is 2.96. The summed E-state index contributed by atoms with van der Waals surface area (Å²) in [6.07, 6.45) is 0. The minimum absolute atomic E-state index is 0.114. The van der Waals surface area contributed by atoms with Crippen LogP contribution in [-0.2, 0) is 0 Å². The van der Waals surface area contributed by atoms with Crippen molar-refractivity contribution in [2.24, 2.45) is 0 Å². The highest BCUT2D eigenvalue weighted by molar-refractivity contribution is 9.11. The van der Waals surface area contributed by atoms with E-state index in [1.807, 2.05) is 0 Å². The Labute approximate surface area is 90.2 Å². The molecule has 14 heavy (non-hydrogen) atoms. The fourth-order valence-electron chi connectivity index (χ4n) is 0.800. The Morgan fingerprint density at radius 3 is 2.50 bits per heavy atom. The van der Waals surface area contributed by atoms with Crippen molar-refractivity contribution in [1.29, 1.82) is 0 Å². The number of rotatable bonds is 3. The molecule has 1 aromatic rings. The zero-order valence-corrected chi connectivity index (χ0v) is 9.24. The van der Waals surface area contributed by atoms with E-state index in [4.69, 9.17) is 0 Å².